The van der Waals surface area contributed by atoms with Gasteiger partial charge < -0.3 is 10.1 Å². The molecular formula is C21H30N6O3. The Morgan fingerprint density at radius 2 is 1.57 bits per heavy atom. The minimum Gasteiger partial charge on any atom is -0.444 e. The molecule has 1 unspecified atom stereocenters. The number of nitrogens with one attached hydrogen (secondary N) is 1. The first-order chi connectivity index (χ1) is 13.9. The second-order valence-corrected chi connectivity index (χ2v) is 9.06. The van der Waals surface area contributed by atoms with Gasteiger partial charge in [-0.2, -0.15) is 0 Å². The van der Waals surface area contributed by atoms with Crippen LogP contribution in [0.15, 0.2) is 30.3 Å². The van der Waals surface area contributed by atoms with Gasteiger partial charge in [-0.15, -0.1) is 20.4 Å². The summed E-state index contributed by atoms with van der Waals surface area (Å²) in [5.41, 5.74) is -0.372. The highest BCUT2D eigenvalue weighted by Gasteiger charge is 2.33. The van der Waals surface area contributed by atoms with Crippen LogP contribution < -0.4 is 5.32 Å². The predicted octanol–water partition coefficient (Wildman–Crippen LogP) is 2.63. The molecule has 0 aliphatic rings. The van der Waals surface area contributed by atoms with Crippen molar-refractivity contribution in [1.29, 1.82) is 0 Å². The first-order valence-corrected chi connectivity index (χ1v) is 9.75. The van der Waals surface area contributed by atoms with Crippen molar-refractivity contribution < 1.29 is 14.3 Å². The minimum atomic E-state index is -0.884. The average Bonchev–Trinajstić information content (AvgIpc) is 2.64. The van der Waals surface area contributed by atoms with Gasteiger partial charge in [0.1, 0.15) is 11.6 Å². The first-order valence-electron chi connectivity index (χ1n) is 9.75. The molecule has 30 heavy (non-hydrogen) atoms. The fraction of sp³-hybridized carbons (Fsp3) is 0.524. The summed E-state index contributed by atoms with van der Waals surface area (Å²) >= 11 is 0. The van der Waals surface area contributed by atoms with E-state index in [9.17, 15) is 9.59 Å². The zero-order valence-corrected chi connectivity index (χ0v) is 18.6. The first kappa shape index (κ1) is 23.2. The Kier molecular flexibility index (Phi) is 7.07. The summed E-state index contributed by atoms with van der Waals surface area (Å²) in [5, 5.41) is 19.3. The lowest BCUT2D eigenvalue weighted by molar-refractivity contribution is -0.127. The predicted molar refractivity (Wildman–Crippen MR) is 112 cm³/mol. The lowest BCUT2D eigenvalue weighted by Crippen LogP contribution is -2.54. The zero-order valence-electron chi connectivity index (χ0n) is 18.6. The molecule has 1 aromatic heterocycles. The van der Waals surface area contributed by atoms with E-state index in [1.54, 1.807) is 20.8 Å². The molecule has 9 heteroatoms. The molecule has 9 nitrogen and oxygen atoms in total. The summed E-state index contributed by atoms with van der Waals surface area (Å²) < 4.78 is 5.41. The Bertz CT molecular complexity index is 857. The summed E-state index contributed by atoms with van der Waals surface area (Å²) in [6.45, 7) is 10.9. The molecule has 0 spiro atoms. The summed E-state index contributed by atoms with van der Waals surface area (Å²) in [4.78, 5) is 26.7. The summed E-state index contributed by atoms with van der Waals surface area (Å²) in [6.07, 6.45) is -0.564. The third kappa shape index (κ3) is 7.06. The van der Waals surface area contributed by atoms with Gasteiger partial charge in [-0.05, 0) is 41.5 Å². The topological polar surface area (TPSA) is 110 Å². The quantitative estimate of drug-likeness (QED) is 0.801. The van der Waals surface area contributed by atoms with Gasteiger partial charge in [0.25, 0.3) is 0 Å². The Morgan fingerprint density at radius 1 is 1.00 bits per heavy atom. The van der Waals surface area contributed by atoms with E-state index in [1.165, 1.54) is 11.9 Å². The van der Waals surface area contributed by atoms with Gasteiger partial charge in [0.2, 0.25) is 11.7 Å². The van der Waals surface area contributed by atoms with Crippen molar-refractivity contribution in [2.75, 3.05) is 7.05 Å². The highest BCUT2D eigenvalue weighted by Crippen LogP contribution is 2.15. The molecule has 2 rings (SSSR count). The maximum absolute atomic E-state index is 12.9. The standard InChI is InChI=1S/C21H30N6O3/c1-20(2,3)22-18(28)15(27(7)19(29)30-21(4,5)6)13-16-23-25-17(26-24-16)14-11-9-8-10-12-14/h8-12,15H,13H2,1-7H3,(H,22,28). The largest absolute Gasteiger partial charge is 0.444 e. The van der Waals surface area contributed by atoms with Gasteiger partial charge in [-0.3, -0.25) is 9.69 Å². The molecule has 0 bridgehead atoms. The smallest absolute Gasteiger partial charge is 0.410 e. The fourth-order valence-electron chi connectivity index (χ4n) is 2.53. The molecule has 1 atom stereocenters. The van der Waals surface area contributed by atoms with E-state index in [1.807, 2.05) is 51.1 Å². The summed E-state index contributed by atoms with van der Waals surface area (Å²) in [6, 6.07) is 8.46. The van der Waals surface area contributed by atoms with E-state index in [0.29, 0.717) is 5.82 Å². The second kappa shape index (κ2) is 9.15. The average molecular weight is 415 g/mol. The number of hydrogen-bond acceptors (Lipinski definition) is 7. The van der Waals surface area contributed by atoms with Crippen molar-refractivity contribution in [3.05, 3.63) is 36.2 Å². The number of carbonyl (C=O) groups excluding carboxylic acids is 2. The minimum absolute atomic E-state index is 0.0483. The summed E-state index contributed by atoms with van der Waals surface area (Å²) in [5.74, 6) is 0.293. The Hall–Kier alpha value is -3.10. The normalized spacial score (nSPS) is 12.8. The van der Waals surface area contributed by atoms with Crippen LogP contribution in [0.1, 0.15) is 47.4 Å². The van der Waals surface area contributed by atoms with Crippen molar-refractivity contribution in [3.8, 4) is 11.4 Å². The molecule has 0 radical (unpaired) electrons. The van der Waals surface area contributed by atoms with Crippen molar-refractivity contribution in [2.45, 2.75) is 65.1 Å². The number of aromatic nitrogens is 4. The fourth-order valence-corrected chi connectivity index (χ4v) is 2.53. The number of ether oxygens (including phenoxy) is 1. The van der Waals surface area contributed by atoms with Gasteiger partial charge in [0.15, 0.2) is 5.82 Å². The van der Waals surface area contributed by atoms with Crippen molar-refractivity contribution in [1.82, 2.24) is 30.6 Å². The van der Waals surface area contributed by atoms with E-state index in [4.69, 9.17) is 4.74 Å². The van der Waals surface area contributed by atoms with E-state index in [2.05, 4.69) is 25.7 Å². The van der Waals surface area contributed by atoms with Crippen molar-refractivity contribution in [3.63, 3.8) is 0 Å². The lowest BCUT2D eigenvalue weighted by atomic mass is 10.1. The molecule has 1 N–H and O–H groups in total. The van der Waals surface area contributed by atoms with Crippen LogP contribution in [0.25, 0.3) is 11.4 Å². The molecule has 0 saturated carbocycles. The number of nitrogens with zero attached hydrogens (tertiary/aromatic N) is 5. The molecule has 0 fully saturated rings. The van der Waals surface area contributed by atoms with Crippen molar-refractivity contribution in [2.24, 2.45) is 0 Å². The molecule has 2 amide bonds. The Labute approximate surface area is 177 Å². The van der Waals surface area contributed by atoms with E-state index in [-0.39, 0.29) is 18.2 Å². The zero-order chi connectivity index (χ0) is 22.5. The maximum Gasteiger partial charge on any atom is 0.410 e. The van der Waals surface area contributed by atoms with Gasteiger partial charge in [0, 0.05) is 24.6 Å². The van der Waals surface area contributed by atoms with Crippen LogP contribution in [0.5, 0.6) is 0 Å². The monoisotopic (exact) mass is 414 g/mol. The van der Waals surface area contributed by atoms with Crippen LogP contribution >= 0.6 is 0 Å². The van der Waals surface area contributed by atoms with Crippen LogP contribution in [0.3, 0.4) is 0 Å². The number of amides is 2. The van der Waals surface area contributed by atoms with Crippen LogP contribution in [0, 0.1) is 0 Å². The maximum atomic E-state index is 12.9. The second-order valence-electron chi connectivity index (χ2n) is 9.06. The molecule has 1 heterocycles. The van der Waals surface area contributed by atoms with Crippen LogP contribution in [-0.2, 0) is 16.0 Å². The van der Waals surface area contributed by atoms with Gasteiger partial charge in [0.05, 0.1) is 0 Å². The van der Waals surface area contributed by atoms with E-state index < -0.39 is 23.3 Å². The molecule has 0 aliphatic carbocycles. The number of benzene rings is 1. The lowest BCUT2D eigenvalue weighted by Gasteiger charge is -2.31. The molecular weight excluding hydrogens is 384 g/mol. The van der Waals surface area contributed by atoms with E-state index in [0.717, 1.165) is 5.56 Å². The van der Waals surface area contributed by atoms with Crippen LogP contribution in [0.2, 0.25) is 0 Å². The highest BCUT2D eigenvalue weighted by atomic mass is 16.6. The van der Waals surface area contributed by atoms with Gasteiger partial charge in [-0.1, -0.05) is 30.3 Å². The van der Waals surface area contributed by atoms with Crippen LogP contribution in [0.4, 0.5) is 4.79 Å². The van der Waals surface area contributed by atoms with Crippen molar-refractivity contribution >= 4 is 12.0 Å². The third-order valence-electron chi connectivity index (χ3n) is 3.88. The third-order valence-corrected chi connectivity index (χ3v) is 3.88. The molecule has 1 aromatic carbocycles. The Morgan fingerprint density at radius 3 is 2.07 bits per heavy atom. The highest BCUT2D eigenvalue weighted by molar-refractivity contribution is 5.86. The molecule has 0 aliphatic heterocycles. The van der Waals surface area contributed by atoms with Crippen LogP contribution in [-0.4, -0.2) is 61.5 Å². The van der Waals surface area contributed by atoms with Gasteiger partial charge >= 0.3 is 6.09 Å². The van der Waals surface area contributed by atoms with Gasteiger partial charge in [-0.25, -0.2) is 4.79 Å². The number of rotatable bonds is 5. The molecule has 0 saturated heterocycles. The molecule has 2 aromatic rings. The number of carbonyl (C=O) groups is 2. The molecule has 162 valence electrons. The SMILES string of the molecule is CN(C(=O)OC(C)(C)C)C(Cc1nnc(-c2ccccc2)nn1)C(=O)NC(C)(C)C. The summed E-state index contributed by atoms with van der Waals surface area (Å²) in [7, 11) is 1.51. The Balaban J connectivity index is 2.23. The number of likely N-dealkylation sites (N-methyl/N-ethyl adjacent to an activating group) is 1. The van der Waals surface area contributed by atoms with E-state index >= 15 is 0 Å². The number of hydrogen-bond donors (Lipinski definition) is 1.